The number of hydrogen-bond donors (Lipinski definition) is 0. The molecule has 2 saturated heterocycles. The van der Waals surface area contributed by atoms with Gasteiger partial charge in [-0.3, -0.25) is 4.79 Å². The molecule has 0 saturated carbocycles. The zero-order valence-corrected chi connectivity index (χ0v) is 13.2. The normalized spacial score (nSPS) is 22.5. The van der Waals surface area contributed by atoms with Crippen LogP contribution in [0.1, 0.15) is 12.8 Å². The highest BCUT2D eigenvalue weighted by atomic mass is 32.2. The lowest BCUT2D eigenvalue weighted by molar-refractivity contribution is -0.132. The van der Waals surface area contributed by atoms with Crippen molar-refractivity contribution < 1.29 is 9.21 Å². The van der Waals surface area contributed by atoms with Gasteiger partial charge in [0.2, 0.25) is 5.91 Å². The maximum atomic E-state index is 12.8. The third-order valence-electron chi connectivity index (χ3n) is 4.39. The Morgan fingerprint density at radius 1 is 1.23 bits per heavy atom. The highest BCUT2D eigenvalue weighted by Crippen LogP contribution is 2.29. The minimum Gasteiger partial charge on any atom is -0.423 e. The molecule has 0 aliphatic carbocycles. The summed E-state index contributed by atoms with van der Waals surface area (Å²) in [5.74, 6) is 2.32. The van der Waals surface area contributed by atoms with Gasteiger partial charge in [-0.15, -0.1) is 0 Å². The molecule has 1 aromatic carbocycles. The Balaban J connectivity index is 1.58. The van der Waals surface area contributed by atoms with Crippen LogP contribution >= 0.6 is 11.8 Å². The average Bonchev–Trinajstić information content (AvgIpc) is 3.21. The summed E-state index contributed by atoms with van der Waals surface area (Å²) < 4.78 is 5.86. The maximum absolute atomic E-state index is 12.8. The van der Waals surface area contributed by atoms with Crippen LogP contribution < -0.4 is 4.90 Å². The van der Waals surface area contributed by atoms with Gasteiger partial charge in [-0.2, -0.15) is 16.7 Å². The van der Waals surface area contributed by atoms with Crippen molar-refractivity contribution in [2.75, 3.05) is 36.0 Å². The van der Waals surface area contributed by atoms with Crippen LogP contribution in [0.2, 0.25) is 0 Å². The molecule has 0 spiro atoms. The Hall–Kier alpha value is -1.69. The first-order chi connectivity index (χ1) is 10.8. The number of nitrogens with zero attached hydrogens (tertiary/aromatic N) is 3. The quantitative estimate of drug-likeness (QED) is 0.851. The fourth-order valence-electron chi connectivity index (χ4n) is 3.23. The standard InChI is InChI=1S/C16H19N3O2S/c20-15(18-8-10-22-11-9-18)13-5-3-7-19(13)16-17-12-4-1-2-6-14(12)21-16/h1-2,4,6,13H,3,5,7-11H2. The summed E-state index contributed by atoms with van der Waals surface area (Å²) in [6.45, 7) is 2.56. The number of fused-ring (bicyclic) bond motifs is 1. The van der Waals surface area contributed by atoms with Gasteiger partial charge in [-0.1, -0.05) is 12.1 Å². The Morgan fingerprint density at radius 3 is 2.86 bits per heavy atom. The van der Waals surface area contributed by atoms with Gasteiger partial charge < -0.3 is 14.2 Å². The molecule has 1 amide bonds. The number of hydrogen-bond acceptors (Lipinski definition) is 5. The third-order valence-corrected chi connectivity index (χ3v) is 5.33. The molecule has 6 heteroatoms. The van der Waals surface area contributed by atoms with Gasteiger partial charge in [-0.25, -0.2) is 0 Å². The lowest BCUT2D eigenvalue weighted by Gasteiger charge is -2.31. The number of amides is 1. The SMILES string of the molecule is O=C(C1CCCN1c1nc2ccccc2o1)N1CCSCC1. The monoisotopic (exact) mass is 317 g/mol. The van der Waals surface area contributed by atoms with E-state index in [2.05, 4.69) is 4.98 Å². The molecular weight excluding hydrogens is 298 g/mol. The first kappa shape index (κ1) is 13.9. The lowest BCUT2D eigenvalue weighted by Crippen LogP contribution is -2.48. The van der Waals surface area contributed by atoms with E-state index in [9.17, 15) is 4.79 Å². The maximum Gasteiger partial charge on any atom is 0.299 e. The van der Waals surface area contributed by atoms with Crippen molar-refractivity contribution in [3.8, 4) is 0 Å². The summed E-state index contributed by atoms with van der Waals surface area (Å²) in [6.07, 6.45) is 1.90. The second-order valence-electron chi connectivity index (χ2n) is 5.75. The van der Waals surface area contributed by atoms with Crippen molar-refractivity contribution in [2.24, 2.45) is 0 Å². The molecular formula is C16H19N3O2S. The fraction of sp³-hybridized carbons (Fsp3) is 0.500. The van der Waals surface area contributed by atoms with E-state index >= 15 is 0 Å². The van der Waals surface area contributed by atoms with Crippen LogP contribution in [0.25, 0.3) is 11.1 Å². The number of rotatable bonds is 2. The first-order valence-electron chi connectivity index (χ1n) is 7.82. The third kappa shape index (κ3) is 2.45. The number of anilines is 1. The van der Waals surface area contributed by atoms with Crippen molar-refractivity contribution in [3.05, 3.63) is 24.3 Å². The number of aromatic nitrogens is 1. The molecule has 1 atom stereocenters. The lowest BCUT2D eigenvalue weighted by atomic mass is 10.2. The average molecular weight is 317 g/mol. The molecule has 1 aromatic heterocycles. The molecule has 3 heterocycles. The number of oxazole rings is 1. The summed E-state index contributed by atoms with van der Waals surface area (Å²) in [6, 6.07) is 8.22. The fourth-order valence-corrected chi connectivity index (χ4v) is 4.13. The van der Waals surface area contributed by atoms with Gasteiger partial charge in [0.05, 0.1) is 0 Å². The molecule has 2 aliphatic heterocycles. The van der Waals surface area contributed by atoms with Crippen LogP contribution in [-0.4, -0.2) is 53.0 Å². The summed E-state index contributed by atoms with van der Waals surface area (Å²) in [5, 5.41) is 0. The Bertz CT molecular complexity index is 648. The van der Waals surface area contributed by atoms with Gasteiger partial charge in [-0.05, 0) is 25.0 Å². The summed E-state index contributed by atoms with van der Waals surface area (Å²) in [5.41, 5.74) is 1.63. The number of carbonyl (C=O) groups excluding carboxylic acids is 1. The van der Waals surface area contributed by atoms with E-state index in [-0.39, 0.29) is 11.9 Å². The van der Waals surface area contributed by atoms with E-state index in [1.54, 1.807) is 0 Å². The first-order valence-corrected chi connectivity index (χ1v) is 8.97. The summed E-state index contributed by atoms with van der Waals surface area (Å²) in [4.78, 5) is 21.4. The Kier molecular flexibility index (Phi) is 3.70. The van der Waals surface area contributed by atoms with Gasteiger partial charge >= 0.3 is 0 Å². The molecule has 5 nitrogen and oxygen atoms in total. The van der Waals surface area contributed by atoms with Crippen molar-refractivity contribution in [1.29, 1.82) is 0 Å². The smallest absolute Gasteiger partial charge is 0.299 e. The summed E-state index contributed by atoms with van der Waals surface area (Å²) in [7, 11) is 0. The summed E-state index contributed by atoms with van der Waals surface area (Å²) >= 11 is 1.92. The van der Waals surface area contributed by atoms with Crippen LogP contribution in [0.15, 0.2) is 28.7 Å². The van der Waals surface area contributed by atoms with Crippen LogP contribution in [0.5, 0.6) is 0 Å². The molecule has 0 bridgehead atoms. The number of para-hydroxylation sites is 2. The van der Waals surface area contributed by atoms with E-state index in [4.69, 9.17) is 4.42 Å². The van der Waals surface area contributed by atoms with Gasteiger partial charge in [0.25, 0.3) is 6.01 Å². The van der Waals surface area contributed by atoms with Crippen LogP contribution in [0, 0.1) is 0 Å². The van der Waals surface area contributed by atoms with E-state index in [0.717, 1.165) is 55.1 Å². The zero-order valence-electron chi connectivity index (χ0n) is 12.4. The predicted octanol–water partition coefficient (Wildman–Crippen LogP) is 2.37. The largest absolute Gasteiger partial charge is 0.423 e. The van der Waals surface area contributed by atoms with Crippen molar-refractivity contribution in [1.82, 2.24) is 9.88 Å². The van der Waals surface area contributed by atoms with E-state index in [1.807, 2.05) is 45.8 Å². The van der Waals surface area contributed by atoms with Crippen molar-refractivity contribution in [3.63, 3.8) is 0 Å². The topological polar surface area (TPSA) is 49.6 Å². The van der Waals surface area contributed by atoms with Crippen LogP contribution in [-0.2, 0) is 4.79 Å². The van der Waals surface area contributed by atoms with Crippen LogP contribution in [0.3, 0.4) is 0 Å². The number of benzene rings is 1. The second kappa shape index (κ2) is 5.83. The minimum atomic E-state index is -0.115. The molecule has 22 heavy (non-hydrogen) atoms. The highest BCUT2D eigenvalue weighted by Gasteiger charge is 2.36. The molecule has 2 aromatic rings. The predicted molar refractivity (Wildman–Crippen MR) is 88.3 cm³/mol. The van der Waals surface area contributed by atoms with E-state index in [1.165, 1.54) is 0 Å². The Morgan fingerprint density at radius 2 is 2.05 bits per heavy atom. The van der Waals surface area contributed by atoms with Gasteiger partial charge in [0.15, 0.2) is 5.58 Å². The minimum absolute atomic E-state index is 0.115. The van der Waals surface area contributed by atoms with Crippen molar-refractivity contribution in [2.45, 2.75) is 18.9 Å². The zero-order chi connectivity index (χ0) is 14.9. The van der Waals surface area contributed by atoms with E-state index < -0.39 is 0 Å². The van der Waals surface area contributed by atoms with Gasteiger partial charge in [0, 0.05) is 31.1 Å². The van der Waals surface area contributed by atoms with Crippen molar-refractivity contribution >= 4 is 34.8 Å². The molecule has 0 radical (unpaired) electrons. The highest BCUT2D eigenvalue weighted by molar-refractivity contribution is 7.99. The molecule has 0 N–H and O–H groups in total. The second-order valence-corrected chi connectivity index (χ2v) is 6.98. The number of carbonyl (C=O) groups is 1. The Labute approximate surface area is 133 Å². The molecule has 4 rings (SSSR count). The molecule has 116 valence electrons. The van der Waals surface area contributed by atoms with Crippen LogP contribution in [0.4, 0.5) is 6.01 Å². The molecule has 1 unspecified atom stereocenters. The molecule has 2 aliphatic rings. The molecule has 2 fully saturated rings. The van der Waals surface area contributed by atoms with Gasteiger partial charge in [0.1, 0.15) is 11.6 Å². The van der Waals surface area contributed by atoms with E-state index in [0.29, 0.717) is 6.01 Å². The number of thioether (sulfide) groups is 1.